The minimum absolute atomic E-state index is 0.256. The Morgan fingerprint density at radius 2 is 2.17 bits per heavy atom. The van der Waals surface area contributed by atoms with Crippen molar-refractivity contribution in [3.63, 3.8) is 0 Å². The molecule has 1 aliphatic carbocycles. The smallest absolute Gasteiger partial charge is 0.136 e. The molecule has 1 aliphatic rings. The van der Waals surface area contributed by atoms with Crippen molar-refractivity contribution in [2.24, 2.45) is 0 Å². The predicted molar refractivity (Wildman–Crippen MR) is 47.8 cm³/mol. The van der Waals surface area contributed by atoms with Crippen LogP contribution in [0.25, 0.3) is 0 Å². The molecule has 12 heavy (non-hydrogen) atoms. The first kappa shape index (κ1) is 8.05. The minimum Gasteiger partial charge on any atom is -0.489 e. The molecule has 0 spiro atoms. The third-order valence-corrected chi connectivity index (χ3v) is 2.37. The lowest BCUT2D eigenvalue weighted by atomic mass is 10.3. The van der Waals surface area contributed by atoms with E-state index in [0.717, 1.165) is 17.3 Å². The summed E-state index contributed by atoms with van der Waals surface area (Å²) in [6.07, 6.45) is 2.48. The second-order valence-electron chi connectivity index (χ2n) is 2.89. The highest BCUT2D eigenvalue weighted by Gasteiger charge is 2.24. The van der Waals surface area contributed by atoms with Crippen LogP contribution in [0.3, 0.4) is 0 Å². The lowest BCUT2D eigenvalue weighted by molar-refractivity contribution is 0.299. The third kappa shape index (κ3) is 1.78. The summed E-state index contributed by atoms with van der Waals surface area (Å²) in [5, 5.41) is 0. The molecule has 1 aromatic carbocycles. The number of benzene rings is 1. The van der Waals surface area contributed by atoms with Gasteiger partial charge in [-0.15, -0.1) is 0 Å². The van der Waals surface area contributed by atoms with Crippen LogP contribution in [0.15, 0.2) is 22.7 Å². The van der Waals surface area contributed by atoms with Gasteiger partial charge in [0.2, 0.25) is 0 Å². The molecule has 1 fully saturated rings. The number of rotatable bonds is 2. The highest BCUT2D eigenvalue weighted by Crippen LogP contribution is 2.32. The van der Waals surface area contributed by atoms with Crippen LogP contribution in [0.4, 0.5) is 4.39 Å². The first-order valence-corrected chi connectivity index (χ1v) is 4.67. The van der Waals surface area contributed by atoms with E-state index in [-0.39, 0.29) is 5.82 Å². The molecule has 0 heterocycles. The summed E-state index contributed by atoms with van der Waals surface area (Å²) >= 11 is 3.30. The molecule has 0 atom stereocenters. The number of hydrogen-bond donors (Lipinski definition) is 0. The maximum Gasteiger partial charge on any atom is 0.136 e. The van der Waals surface area contributed by atoms with Crippen molar-refractivity contribution in [2.45, 2.75) is 18.9 Å². The summed E-state index contributed by atoms with van der Waals surface area (Å²) in [7, 11) is 0. The first-order valence-electron chi connectivity index (χ1n) is 3.87. The number of halogens is 2. The Morgan fingerprint density at radius 1 is 1.42 bits per heavy atom. The molecule has 64 valence electrons. The van der Waals surface area contributed by atoms with Crippen LogP contribution in [0, 0.1) is 5.82 Å². The standard InChI is InChI=1S/C9H8BrFO/c10-8-4-1-6(11)5-9(8)12-7-2-3-7/h1,4-5,7H,2-3H2. The van der Waals surface area contributed by atoms with Crippen LogP contribution in [-0.2, 0) is 0 Å². The Hall–Kier alpha value is -0.570. The topological polar surface area (TPSA) is 9.23 Å². The van der Waals surface area contributed by atoms with E-state index in [1.807, 2.05) is 0 Å². The van der Waals surface area contributed by atoms with Gasteiger partial charge in [-0.1, -0.05) is 0 Å². The van der Waals surface area contributed by atoms with Crippen molar-refractivity contribution in [3.05, 3.63) is 28.5 Å². The Labute approximate surface area is 78.7 Å². The highest BCUT2D eigenvalue weighted by molar-refractivity contribution is 9.10. The van der Waals surface area contributed by atoms with Crippen molar-refractivity contribution in [3.8, 4) is 5.75 Å². The van der Waals surface area contributed by atoms with Gasteiger partial charge in [-0.2, -0.15) is 0 Å². The average molecular weight is 231 g/mol. The van der Waals surface area contributed by atoms with E-state index in [0.29, 0.717) is 11.9 Å². The van der Waals surface area contributed by atoms with E-state index in [1.165, 1.54) is 12.1 Å². The van der Waals surface area contributed by atoms with E-state index in [2.05, 4.69) is 15.9 Å². The highest BCUT2D eigenvalue weighted by atomic mass is 79.9. The fourth-order valence-corrected chi connectivity index (χ4v) is 1.27. The Balaban J connectivity index is 2.21. The maximum atomic E-state index is 12.7. The normalized spacial score (nSPS) is 16.2. The van der Waals surface area contributed by atoms with E-state index in [4.69, 9.17) is 4.74 Å². The molecule has 0 aromatic heterocycles. The van der Waals surface area contributed by atoms with Gasteiger partial charge < -0.3 is 4.74 Å². The van der Waals surface area contributed by atoms with E-state index >= 15 is 0 Å². The summed E-state index contributed by atoms with van der Waals surface area (Å²) in [6.45, 7) is 0. The Bertz CT molecular complexity index is 297. The van der Waals surface area contributed by atoms with Gasteiger partial charge in [-0.3, -0.25) is 0 Å². The fourth-order valence-electron chi connectivity index (χ4n) is 0.933. The predicted octanol–water partition coefficient (Wildman–Crippen LogP) is 3.13. The molecule has 0 unspecified atom stereocenters. The van der Waals surface area contributed by atoms with Crippen LogP contribution < -0.4 is 4.74 Å². The third-order valence-electron chi connectivity index (χ3n) is 1.71. The molecule has 1 nitrogen and oxygen atoms in total. The van der Waals surface area contributed by atoms with Gasteiger partial charge in [-0.25, -0.2) is 4.39 Å². The van der Waals surface area contributed by atoms with E-state index in [9.17, 15) is 4.39 Å². The SMILES string of the molecule is Fc1ccc(Br)c(OC2CC2)c1. The second-order valence-corrected chi connectivity index (χ2v) is 3.75. The second kappa shape index (κ2) is 3.05. The molecule has 0 N–H and O–H groups in total. The molecule has 0 amide bonds. The van der Waals surface area contributed by atoms with E-state index in [1.54, 1.807) is 6.07 Å². The molecule has 1 aromatic rings. The van der Waals surface area contributed by atoms with Crippen molar-refractivity contribution in [1.29, 1.82) is 0 Å². The van der Waals surface area contributed by atoms with Gasteiger partial charge >= 0.3 is 0 Å². The van der Waals surface area contributed by atoms with Crippen LogP contribution in [-0.4, -0.2) is 6.10 Å². The minimum atomic E-state index is -0.256. The van der Waals surface area contributed by atoms with Crippen LogP contribution >= 0.6 is 15.9 Å². The average Bonchev–Trinajstić information content (AvgIpc) is 2.81. The molecule has 2 rings (SSSR count). The lowest BCUT2D eigenvalue weighted by Crippen LogP contribution is -1.96. The molecule has 1 saturated carbocycles. The molecule has 0 radical (unpaired) electrons. The Kier molecular flexibility index (Phi) is 2.05. The van der Waals surface area contributed by atoms with Crippen LogP contribution in [0.5, 0.6) is 5.75 Å². The van der Waals surface area contributed by atoms with Gasteiger partial charge in [0.15, 0.2) is 0 Å². The van der Waals surface area contributed by atoms with Gasteiger partial charge in [-0.05, 0) is 40.9 Å². The zero-order valence-corrected chi connectivity index (χ0v) is 7.97. The van der Waals surface area contributed by atoms with E-state index < -0.39 is 0 Å². The Morgan fingerprint density at radius 3 is 2.83 bits per heavy atom. The summed E-state index contributed by atoms with van der Waals surface area (Å²) in [4.78, 5) is 0. The molecule has 0 bridgehead atoms. The fraction of sp³-hybridized carbons (Fsp3) is 0.333. The molecular formula is C9H8BrFO. The maximum absolute atomic E-state index is 12.7. The monoisotopic (exact) mass is 230 g/mol. The summed E-state index contributed by atoms with van der Waals surface area (Å²) in [5.74, 6) is 0.353. The largest absolute Gasteiger partial charge is 0.489 e. The molecule has 3 heteroatoms. The van der Waals surface area contributed by atoms with Crippen LogP contribution in [0.1, 0.15) is 12.8 Å². The van der Waals surface area contributed by atoms with Crippen molar-refractivity contribution in [2.75, 3.05) is 0 Å². The summed E-state index contributed by atoms with van der Waals surface area (Å²) in [6, 6.07) is 4.47. The van der Waals surface area contributed by atoms with Gasteiger partial charge in [0.25, 0.3) is 0 Å². The van der Waals surface area contributed by atoms with Gasteiger partial charge in [0.1, 0.15) is 11.6 Å². The molecule has 0 aliphatic heterocycles. The van der Waals surface area contributed by atoms with Crippen molar-refractivity contribution >= 4 is 15.9 Å². The van der Waals surface area contributed by atoms with Crippen molar-refractivity contribution in [1.82, 2.24) is 0 Å². The summed E-state index contributed by atoms with van der Waals surface area (Å²) in [5.41, 5.74) is 0. The number of ether oxygens (including phenoxy) is 1. The first-order chi connectivity index (χ1) is 5.75. The zero-order valence-electron chi connectivity index (χ0n) is 6.39. The number of hydrogen-bond acceptors (Lipinski definition) is 1. The zero-order chi connectivity index (χ0) is 8.55. The lowest BCUT2D eigenvalue weighted by Gasteiger charge is -2.05. The van der Waals surface area contributed by atoms with Gasteiger partial charge in [0.05, 0.1) is 10.6 Å². The quantitative estimate of drug-likeness (QED) is 0.759. The van der Waals surface area contributed by atoms with Gasteiger partial charge in [0, 0.05) is 6.07 Å². The molecular weight excluding hydrogens is 223 g/mol. The molecule has 0 saturated heterocycles. The van der Waals surface area contributed by atoms with Crippen molar-refractivity contribution < 1.29 is 9.13 Å². The van der Waals surface area contributed by atoms with Crippen LogP contribution in [0.2, 0.25) is 0 Å². The summed E-state index contributed by atoms with van der Waals surface area (Å²) < 4.78 is 19.0.